The Kier molecular flexibility index (Phi) is 5.93. The highest BCUT2D eigenvalue weighted by molar-refractivity contribution is 6.30. The van der Waals surface area contributed by atoms with Crippen LogP contribution < -0.4 is 10.6 Å². The fourth-order valence-electron chi connectivity index (χ4n) is 2.28. The smallest absolute Gasteiger partial charge is 0.251 e. The first-order valence-electron chi connectivity index (χ1n) is 7.47. The zero-order chi connectivity index (χ0) is 17.7. The number of carbonyl (C=O) groups is 2. The number of hydrogen-bond acceptors (Lipinski definition) is 2. The second kappa shape index (κ2) is 7.93. The van der Waals surface area contributed by atoms with Crippen LogP contribution in [0.15, 0.2) is 42.5 Å². The SMILES string of the molecule is CC(=O)Nc1cc(C(=O)N[C@@H](C)Cc2ccc(Cl)cc2)ccc1F. The molecule has 0 heterocycles. The van der Waals surface area contributed by atoms with Crippen molar-refractivity contribution in [3.05, 3.63) is 64.4 Å². The summed E-state index contributed by atoms with van der Waals surface area (Å²) >= 11 is 5.85. The number of amides is 2. The van der Waals surface area contributed by atoms with Crippen LogP contribution in [0.2, 0.25) is 5.02 Å². The standard InChI is InChI=1S/C18H18ClFN2O2/c1-11(9-13-3-6-15(19)7-4-13)21-18(24)14-5-8-16(20)17(10-14)22-12(2)23/h3-8,10-11H,9H2,1-2H3,(H,21,24)(H,22,23)/t11-/m0/s1. The second-order valence-corrected chi connectivity index (χ2v) is 6.02. The molecular weight excluding hydrogens is 331 g/mol. The molecule has 0 spiro atoms. The number of rotatable bonds is 5. The normalized spacial score (nSPS) is 11.7. The molecule has 24 heavy (non-hydrogen) atoms. The first-order valence-corrected chi connectivity index (χ1v) is 7.85. The van der Waals surface area contributed by atoms with Crippen molar-refractivity contribution in [2.45, 2.75) is 26.3 Å². The van der Waals surface area contributed by atoms with Crippen molar-refractivity contribution >= 4 is 29.1 Å². The number of nitrogens with one attached hydrogen (secondary N) is 2. The first kappa shape index (κ1) is 17.9. The molecule has 0 aromatic heterocycles. The van der Waals surface area contributed by atoms with Gasteiger partial charge < -0.3 is 10.6 Å². The minimum absolute atomic E-state index is 0.0134. The van der Waals surface area contributed by atoms with Crippen molar-refractivity contribution in [2.24, 2.45) is 0 Å². The van der Waals surface area contributed by atoms with Gasteiger partial charge in [-0.2, -0.15) is 0 Å². The number of halogens is 2. The third-order valence-electron chi connectivity index (χ3n) is 3.37. The fourth-order valence-corrected chi connectivity index (χ4v) is 2.41. The molecule has 0 fully saturated rings. The van der Waals surface area contributed by atoms with Crippen LogP contribution >= 0.6 is 11.6 Å². The molecule has 6 heteroatoms. The van der Waals surface area contributed by atoms with Crippen LogP contribution in [0.3, 0.4) is 0 Å². The molecule has 0 aliphatic rings. The van der Waals surface area contributed by atoms with Crippen LogP contribution in [0.25, 0.3) is 0 Å². The van der Waals surface area contributed by atoms with Crippen molar-refractivity contribution in [2.75, 3.05) is 5.32 Å². The highest BCUT2D eigenvalue weighted by Gasteiger charge is 2.13. The summed E-state index contributed by atoms with van der Waals surface area (Å²) in [4.78, 5) is 23.3. The summed E-state index contributed by atoms with van der Waals surface area (Å²) in [5, 5.41) is 5.87. The van der Waals surface area contributed by atoms with Crippen molar-refractivity contribution in [3.63, 3.8) is 0 Å². The molecule has 0 radical (unpaired) electrons. The summed E-state index contributed by atoms with van der Waals surface area (Å²) < 4.78 is 13.6. The average Bonchev–Trinajstić information content (AvgIpc) is 2.51. The Bertz CT molecular complexity index is 747. The Labute approximate surface area is 145 Å². The van der Waals surface area contributed by atoms with E-state index in [1.54, 1.807) is 12.1 Å². The predicted octanol–water partition coefficient (Wildman–Crippen LogP) is 3.80. The van der Waals surface area contributed by atoms with Gasteiger partial charge in [-0.3, -0.25) is 9.59 Å². The molecule has 4 nitrogen and oxygen atoms in total. The second-order valence-electron chi connectivity index (χ2n) is 5.58. The summed E-state index contributed by atoms with van der Waals surface area (Å²) in [6.07, 6.45) is 0.642. The maximum Gasteiger partial charge on any atom is 0.251 e. The van der Waals surface area contributed by atoms with Crippen LogP contribution in [0.1, 0.15) is 29.8 Å². The maximum absolute atomic E-state index is 13.6. The Morgan fingerprint density at radius 1 is 1.17 bits per heavy atom. The van der Waals surface area contributed by atoms with Gasteiger partial charge in [-0.05, 0) is 49.2 Å². The molecule has 0 saturated carbocycles. The molecular formula is C18H18ClFN2O2. The monoisotopic (exact) mass is 348 g/mol. The van der Waals surface area contributed by atoms with E-state index in [9.17, 15) is 14.0 Å². The van der Waals surface area contributed by atoms with E-state index in [1.807, 2.05) is 19.1 Å². The Balaban J connectivity index is 2.03. The Hall–Kier alpha value is -2.40. The lowest BCUT2D eigenvalue weighted by atomic mass is 10.1. The molecule has 0 aliphatic heterocycles. The molecule has 0 aliphatic carbocycles. The van der Waals surface area contributed by atoms with E-state index >= 15 is 0 Å². The molecule has 2 amide bonds. The Morgan fingerprint density at radius 3 is 2.46 bits per heavy atom. The van der Waals surface area contributed by atoms with E-state index in [-0.39, 0.29) is 23.2 Å². The molecule has 126 valence electrons. The van der Waals surface area contributed by atoms with Crippen LogP contribution in [-0.2, 0) is 11.2 Å². The molecule has 2 N–H and O–H groups in total. The van der Waals surface area contributed by atoms with Crippen molar-refractivity contribution in [1.82, 2.24) is 5.32 Å². The highest BCUT2D eigenvalue weighted by atomic mass is 35.5. The largest absolute Gasteiger partial charge is 0.349 e. The van der Waals surface area contributed by atoms with Gasteiger partial charge in [0.15, 0.2) is 0 Å². The zero-order valence-electron chi connectivity index (χ0n) is 13.4. The van der Waals surface area contributed by atoms with Crippen LogP contribution in [0.5, 0.6) is 0 Å². The fraction of sp³-hybridized carbons (Fsp3) is 0.222. The van der Waals surface area contributed by atoms with Gasteiger partial charge in [0, 0.05) is 23.6 Å². The summed E-state index contributed by atoms with van der Waals surface area (Å²) in [6.45, 7) is 3.16. The van der Waals surface area contributed by atoms with Gasteiger partial charge in [0.25, 0.3) is 5.91 Å². The summed E-state index contributed by atoms with van der Waals surface area (Å²) in [6, 6.07) is 11.1. The summed E-state index contributed by atoms with van der Waals surface area (Å²) in [5.74, 6) is -1.32. The third kappa shape index (κ3) is 5.06. The van der Waals surface area contributed by atoms with Crippen molar-refractivity contribution in [1.29, 1.82) is 0 Å². The molecule has 2 aromatic rings. The van der Waals surface area contributed by atoms with E-state index in [4.69, 9.17) is 11.6 Å². The quantitative estimate of drug-likeness (QED) is 0.863. The van der Waals surface area contributed by atoms with Crippen molar-refractivity contribution in [3.8, 4) is 0 Å². The molecule has 2 rings (SSSR count). The summed E-state index contributed by atoms with van der Waals surface area (Å²) in [7, 11) is 0. The van der Waals surface area contributed by atoms with Gasteiger partial charge in [0.1, 0.15) is 5.82 Å². The lowest BCUT2D eigenvalue weighted by Gasteiger charge is -2.15. The minimum Gasteiger partial charge on any atom is -0.349 e. The first-order chi connectivity index (χ1) is 11.3. The van der Waals surface area contributed by atoms with Gasteiger partial charge in [0.05, 0.1) is 5.69 Å². The van der Waals surface area contributed by atoms with E-state index in [0.717, 1.165) is 11.6 Å². The van der Waals surface area contributed by atoms with Gasteiger partial charge >= 0.3 is 0 Å². The number of benzene rings is 2. The molecule has 0 bridgehead atoms. The third-order valence-corrected chi connectivity index (χ3v) is 3.62. The van der Waals surface area contributed by atoms with E-state index in [2.05, 4.69) is 10.6 Å². The van der Waals surface area contributed by atoms with E-state index in [0.29, 0.717) is 11.4 Å². The topological polar surface area (TPSA) is 58.2 Å². The number of anilines is 1. The minimum atomic E-state index is -0.587. The molecule has 0 saturated heterocycles. The van der Waals surface area contributed by atoms with Gasteiger partial charge in [-0.1, -0.05) is 23.7 Å². The molecule has 2 aromatic carbocycles. The van der Waals surface area contributed by atoms with E-state index < -0.39 is 11.7 Å². The van der Waals surface area contributed by atoms with Gasteiger partial charge in [-0.15, -0.1) is 0 Å². The van der Waals surface area contributed by atoms with Gasteiger partial charge in [0.2, 0.25) is 5.91 Å². The van der Waals surface area contributed by atoms with Crippen LogP contribution in [-0.4, -0.2) is 17.9 Å². The lowest BCUT2D eigenvalue weighted by molar-refractivity contribution is -0.114. The molecule has 0 unspecified atom stereocenters. The zero-order valence-corrected chi connectivity index (χ0v) is 14.2. The number of hydrogen-bond donors (Lipinski definition) is 2. The summed E-state index contributed by atoms with van der Waals surface area (Å²) in [5.41, 5.74) is 1.31. The molecule has 1 atom stereocenters. The predicted molar refractivity (Wildman–Crippen MR) is 92.8 cm³/mol. The highest BCUT2D eigenvalue weighted by Crippen LogP contribution is 2.17. The average molecular weight is 349 g/mol. The van der Waals surface area contributed by atoms with E-state index in [1.165, 1.54) is 19.1 Å². The Morgan fingerprint density at radius 2 is 1.83 bits per heavy atom. The van der Waals surface area contributed by atoms with Crippen LogP contribution in [0.4, 0.5) is 10.1 Å². The number of carbonyl (C=O) groups excluding carboxylic acids is 2. The maximum atomic E-state index is 13.6. The van der Waals surface area contributed by atoms with Crippen LogP contribution in [0, 0.1) is 5.82 Å². The van der Waals surface area contributed by atoms with Gasteiger partial charge in [-0.25, -0.2) is 4.39 Å². The van der Waals surface area contributed by atoms with Crippen molar-refractivity contribution < 1.29 is 14.0 Å². The lowest BCUT2D eigenvalue weighted by Crippen LogP contribution is -2.34.